The zero-order valence-corrected chi connectivity index (χ0v) is 8.60. The summed E-state index contributed by atoms with van der Waals surface area (Å²) in [6, 6.07) is -0.597. The van der Waals surface area contributed by atoms with Gasteiger partial charge in [0.05, 0.1) is 12.3 Å². The molecule has 0 saturated carbocycles. The third kappa shape index (κ3) is 4.46. The number of carbonyl (C=O) groups excluding carboxylic acids is 1. The third-order valence-electron chi connectivity index (χ3n) is 1.45. The fourth-order valence-electron chi connectivity index (χ4n) is 0.919. The van der Waals surface area contributed by atoms with Gasteiger partial charge in [0.2, 0.25) is 10.0 Å². The Balaban J connectivity index is 4.46. The minimum atomic E-state index is -3.28. The number of nitrogens with one attached hydrogen (secondary N) is 1. The van der Waals surface area contributed by atoms with Crippen LogP contribution in [0.3, 0.4) is 0 Å². The lowest BCUT2D eigenvalue weighted by Crippen LogP contribution is -2.42. The van der Waals surface area contributed by atoms with Crippen LogP contribution in [0.4, 0.5) is 0 Å². The summed E-state index contributed by atoms with van der Waals surface area (Å²) < 4.78 is 23.9. The summed E-state index contributed by atoms with van der Waals surface area (Å²) in [4.78, 5) is 10.9. The quantitative estimate of drug-likeness (QED) is 0.691. The number of hydrogen-bond acceptors (Lipinski definition) is 3. The number of rotatable bonds is 4. The Morgan fingerprint density at radius 1 is 1.33 bits per heavy atom. The van der Waals surface area contributed by atoms with Gasteiger partial charge in [-0.3, -0.25) is 4.79 Å². The predicted octanol–water partition coefficient (Wildman–Crippen LogP) is 0.149. The van der Waals surface area contributed by atoms with Crippen LogP contribution in [0, 0.1) is 5.92 Å². The highest BCUT2D eigenvalue weighted by atomic mass is 32.2. The standard InChI is InChI=1S/C7H15NO3S/c1-5(2)7(6(3)9)8-12(4,10)11/h5,7-8H,1-4H3. The zero-order valence-electron chi connectivity index (χ0n) is 7.79. The highest BCUT2D eigenvalue weighted by molar-refractivity contribution is 7.88. The molecule has 0 aliphatic carbocycles. The molecule has 0 aliphatic rings. The van der Waals surface area contributed by atoms with Crippen LogP contribution in [0.5, 0.6) is 0 Å². The first kappa shape index (κ1) is 11.6. The van der Waals surface area contributed by atoms with Crippen molar-refractivity contribution in [3.05, 3.63) is 0 Å². The van der Waals surface area contributed by atoms with Crippen molar-refractivity contribution in [2.24, 2.45) is 5.92 Å². The molecule has 0 bridgehead atoms. The molecule has 72 valence electrons. The molecule has 0 amide bonds. The van der Waals surface area contributed by atoms with Crippen molar-refractivity contribution in [3.8, 4) is 0 Å². The monoisotopic (exact) mass is 193 g/mol. The van der Waals surface area contributed by atoms with Crippen LogP contribution in [0.2, 0.25) is 0 Å². The molecule has 0 aromatic rings. The lowest BCUT2D eigenvalue weighted by atomic mass is 10.0. The molecule has 1 atom stereocenters. The minimum absolute atomic E-state index is 0.0165. The van der Waals surface area contributed by atoms with Gasteiger partial charge >= 0.3 is 0 Å². The molecule has 0 aliphatic heterocycles. The van der Waals surface area contributed by atoms with Crippen molar-refractivity contribution in [2.75, 3.05) is 6.26 Å². The van der Waals surface area contributed by atoms with Gasteiger partial charge < -0.3 is 0 Å². The molecule has 0 fully saturated rings. The maximum atomic E-state index is 10.9. The Hall–Kier alpha value is -0.420. The first-order valence-corrected chi connectivity index (χ1v) is 5.61. The topological polar surface area (TPSA) is 63.2 Å². The van der Waals surface area contributed by atoms with E-state index in [1.165, 1.54) is 6.92 Å². The van der Waals surface area contributed by atoms with Crippen molar-refractivity contribution in [1.29, 1.82) is 0 Å². The molecule has 0 spiro atoms. The van der Waals surface area contributed by atoms with Crippen LogP contribution in [0.15, 0.2) is 0 Å². The maximum Gasteiger partial charge on any atom is 0.209 e. The second-order valence-corrected chi connectivity index (χ2v) is 5.00. The highest BCUT2D eigenvalue weighted by Gasteiger charge is 2.21. The first-order valence-electron chi connectivity index (χ1n) is 3.72. The minimum Gasteiger partial charge on any atom is -0.298 e. The number of sulfonamides is 1. The fraction of sp³-hybridized carbons (Fsp3) is 0.857. The molecule has 5 heteroatoms. The predicted molar refractivity (Wildman–Crippen MR) is 47.3 cm³/mol. The van der Waals surface area contributed by atoms with Crippen LogP contribution in [0.1, 0.15) is 20.8 Å². The number of ketones is 1. The van der Waals surface area contributed by atoms with E-state index in [-0.39, 0.29) is 11.7 Å². The highest BCUT2D eigenvalue weighted by Crippen LogP contribution is 2.03. The van der Waals surface area contributed by atoms with E-state index < -0.39 is 16.1 Å². The molecule has 0 aromatic heterocycles. The number of hydrogen-bond donors (Lipinski definition) is 1. The van der Waals surface area contributed by atoms with E-state index in [4.69, 9.17) is 0 Å². The van der Waals surface area contributed by atoms with Crippen LogP contribution >= 0.6 is 0 Å². The van der Waals surface area contributed by atoms with E-state index >= 15 is 0 Å². The Bertz CT molecular complexity index is 256. The average Bonchev–Trinajstić information content (AvgIpc) is 1.79. The molecule has 12 heavy (non-hydrogen) atoms. The van der Waals surface area contributed by atoms with Crippen LogP contribution in [-0.4, -0.2) is 26.5 Å². The number of carbonyl (C=O) groups is 1. The second kappa shape index (κ2) is 4.00. The Kier molecular flexibility index (Phi) is 3.86. The Morgan fingerprint density at radius 3 is 1.83 bits per heavy atom. The van der Waals surface area contributed by atoms with E-state index in [0.717, 1.165) is 6.26 Å². The summed E-state index contributed by atoms with van der Waals surface area (Å²) >= 11 is 0. The molecule has 0 saturated heterocycles. The van der Waals surface area contributed by atoms with Gasteiger partial charge in [0, 0.05) is 0 Å². The molecule has 0 aromatic carbocycles. The van der Waals surface area contributed by atoms with Crippen molar-refractivity contribution in [1.82, 2.24) is 4.72 Å². The van der Waals surface area contributed by atoms with E-state index in [9.17, 15) is 13.2 Å². The van der Waals surface area contributed by atoms with Gasteiger partial charge in [-0.15, -0.1) is 0 Å². The van der Waals surface area contributed by atoms with Crippen LogP contribution in [0.25, 0.3) is 0 Å². The molecule has 0 rings (SSSR count). The average molecular weight is 193 g/mol. The van der Waals surface area contributed by atoms with Gasteiger partial charge in [-0.25, -0.2) is 13.1 Å². The van der Waals surface area contributed by atoms with Crippen molar-refractivity contribution in [3.63, 3.8) is 0 Å². The summed E-state index contributed by atoms with van der Waals surface area (Å²) in [7, 11) is -3.28. The van der Waals surface area contributed by atoms with Gasteiger partial charge in [-0.1, -0.05) is 13.8 Å². The molecule has 1 unspecified atom stereocenters. The van der Waals surface area contributed by atoms with Crippen LogP contribution < -0.4 is 4.72 Å². The summed E-state index contributed by atoms with van der Waals surface area (Å²) in [5, 5.41) is 0. The second-order valence-electron chi connectivity index (χ2n) is 3.22. The Morgan fingerprint density at radius 2 is 1.75 bits per heavy atom. The van der Waals surface area contributed by atoms with Crippen LogP contribution in [-0.2, 0) is 14.8 Å². The summed E-state index contributed by atoms with van der Waals surface area (Å²) in [5.41, 5.74) is 0. The van der Waals surface area contributed by atoms with Gasteiger partial charge in [0.25, 0.3) is 0 Å². The largest absolute Gasteiger partial charge is 0.298 e. The normalized spacial score (nSPS) is 14.8. The lowest BCUT2D eigenvalue weighted by Gasteiger charge is -2.17. The molecule has 4 nitrogen and oxygen atoms in total. The molecule has 1 N–H and O–H groups in total. The van der Waals surface area contributed by atoms with E-state index in [0.29, 0.717) is 0 Å². The molecular weight excluding hydrogens is 178 g/mol. The Labute approximate surface area is 73.4 Å². The summed E-state index contributed by atoms with van der Waals surface area (Å²) in [5.74, 6) is -0.173. The first-order chi connectivity index (χ1) is 5.24. The van der Waals surface area contributed by atoms with Gasteiger partial charge in [0.1, 0.15) is 5.78 Å². The zero-order chi connectivity index (χ0) is 9.94. The molecular formula is C7H15NO3S. The van der Waals surface area contributed by atoms with Crippen molar-refractivity contribution < 1.29 is 13.2 Å². The van der Waals surface area contributed by atoms with E-state index in [1.807, 2.05) is 0 Å². The summed E-state index contributed by atoms with van der Waals surface area (Å²) in [6.45, 7) is 4.97. The molecule has 0 heterocycles. The smallest absolute Gasteiger partial charge is 0.209 e. The lowest BCUT2D eigenvalue weighted by molar-refractivity contribution is -0.119. The van der Waals surface area contributed by atoms with Crippen molar-refractivity contribution >= 4 is 15.8 Å². The summed E-state index contributed by atoms with van der Waals surface area (Å²) in [6.07, 6.45) is 1.05. The van der Waals surface area contributed by atoms with Gasteiger partial charge in [0.15, 0.2) is 0 Å². The molecule has 0 radical (unpaired) electrons. The SMILES string of the molecule is CC(=O)C(NS(C)(=O)=O)C(C)C. The van der Waals surface area contributed by atoms with Gasteiger partial charge in [-0.2, -0.15) is 0 Å². The maximum absolute atomic E-state index is 10.9. The van der Waals surface area contributed by atoms with Gasteiger partial charge in [-0.05, 0) is 12.8 Å². The van der Waals surface area contributed by atoms with E-state index in [2.05, 4.69) is 4.72 Å². The fourth-order valence-corrected chi connectivity index (χ4v) is 1.82. The van der Waals surface area contributed by atoms with E-state index in [1.54, 1.807) is 13.8 Å². The third-order valence-corrected chi connectivity index (χ3v) is 2.13. The number of Topliss-reactive ketones (excluding diaryl/α,β-unsaturated/α-hetero) is 1. The van der Waals surface area contributed by atoms with Crippen molar-refractivity contribution in [2.45, 2.75) is 26.8 Å².